The quantitative estimate of drug-likeness (QED) is 0.826. The van der Waals surface area contributed by atoms with Crippen LogP contribution < -0.4 is 0 Å². The number of nitrogens with zero attached hydrogens (tertiary/aromatic N) is 2. The first kappa shape index (κ1) is 15.9. The summed E-state index contributed by atoms with van der Waals surface area (Å²) in [6.07, 6.45) is 4.08. The topological polar surface area (TPSA) is 68.0 Å². The van der Waals surface area contributed by atoms with E-state index in [2.05, 4.69) is 10.1 Å². The van der Waals surface area contributed by atoms with Gasteiger partial charge in [0.2, 0.25) is 0 Å². The molecule has 2 aliphatic rings. The molecule has 2 aliphatic heterocycles. The molecule has 0 aliphatic carbocycles. The molecule has 0 radical (unpaired) electrons. The number of ether oxygens (including phenoxy) is 2. The molecule has 0 saturated carbocycles. The number of likely N-dealkylation sites (tertiary alicyclic amines) is 1. The summed E-state index contributed by atoms with van der Waals surface area (Å²) in [6.45, 7) is 5.30. The maximum absolute atomic E-state index is 10.2. The zero-order valence-electron chi connectivity index (χ0n) is 13.2. The molecule has 3 rings (SSSR count). The van der Waals surface area contributed by atoms with E-state index in [-0.39, 0.29) is 12.1 Å². The van der Waals surface area contributed by atoms with Gasteiger partial charge >= 0.3 is 0 Å². The Morgan fingerprint density at radius 2 is 2.36 bits per heavy atom. The molecule has 0 spiro atoms. The van der Waals surface area contributed by atoms with Gasteiger partial charge in [-0.05, 0) is 39.2 Å². The molecule has 1 aromatic heterocycles. The van der Waals surface area contributed by atoms with Crippen LogP contribution in [0.1, 0.15) is 43.2 Å². The predicted octanol–water partition coefficient (Wildman–Crippen LogP) is 1.68. The number of aromatic nitrogens is 1. The van der Waals surface area contributed by atoms with E-state index >= 15 is 0 Å². The Labute approximate surface area is 131 Å². The molecule has 0 aromatic carbocycles. The summed E-state index contributed by atoms with van der Waals surface area (Å²) in [5.74, 6) is 0.905. The van der Waals surface area contributed by atoms with Crippen LogP contribution in [0.3, 0.4) is 0 Å². The van der Waals surface area contributed by atoms with E-state index in [4.69, 9.17) is 14.0 Å². The Morgan fingerprint density at radius 3 is 3.09 bits per heavy atom. The fourth-order valence-corrected chi connectivity index (χ4v) is 3.34. The van der Waals surface area contributed by atoms with E-state index in [1.807, 2.05) is 13.0 Å². The number of aryl methyl sites for hydroxylation is 1. The van der Waals surface area contributed by atoms with Gasteiger partial charge in [0.1, 0.15) is 0 Å². The van der Waals surface area contributed by atoms with Crippen molar-refractivity contribution < 1.29 is 19.1 Å². The summed E-state index contributed by atoms with van der Waals surface area (Å²) in [5.41, 5.74) is 0.905. The third-order valence-corrected chi connectivity index (χ3v) is 4.42. The second-order valence-corrected chi connectivity index (χ2v) is 6.35. The number of aliphatic hydroxyl groups excluding tert-OH is 1. The molecule has 22 heavy (non-hydrogen) atoms. The van der Waals surface area contributed by atoms with E-state index in [9.17, 15) is 5.11 Å². The van der Waals surface area contributed by atoms with Crippen LogP contribution in [-0.2, 0) is 9.47 Å². The molecule has 6 nitrogen and oxygen atoms in total. The summed E-state index contributed by atoms with van der Waals surface area (Å²) >= 11 is 0. The number of aliphatic hydroxyl groups is 1. The van der Waals surface area contributed by atoms with Gasteiger partial charge in [0, 0.05) is 19.2 Å². The number of β-amino-alcohol motifs (C(OH)–C–C–N with tert-alkyl or cyclic N) is 1. The van der Waals surface area contributed by atoms with Gasteiger partial charge in [-0.2, -0.15) is 0 Å². The molecular formula is C16H26N2O4. The fraction of sp³-hybridized carbons (Fsp3) is 0.812. The second-order valence-electron chi connectivity index (χ2n) is 6.35. The van der Waals surface area contributed by atoms with Gasteiger partial charge in [-0.15, -0.1) is 0 Å². The molecule has 6 heteroatoms. The van der Waals surface area contributed by atoms with Crippen molar-refractivity contribution >= 4 is 0 Å². The lowest BCUT2D eigenvalue weighted by atomic mass is 10.1. The molecule has 3 heterocycles. The molecule has 1 aromatic rings. The molecule has 124 valence electrons. The van der Waals surface area contributed by atoms with Gasteiger partial charge in [-0.3, -0.25) is 4.90 Å². The van der Waals surface area contributed by atoms with Crippen LogP contribution in [-0.4, -0.2) is 60.3 Å². The maximum atomic E-state index is 10.2. The fourth-order valence-electron chi connectivity index (χ4n) is 3.34. The van der Waals surface area contributed by atoms with Crippen LogP contribution in [0, 0.1) is 6.92 Å². The van der Waals surface area contributed by atoms with E-state index in [1.54, 1.807) is 0 Å². The zero-order chi connectivity index (χ0) is 15.4. The normalized spacial score (nSPS) is 27.5. The highest BCUT2D eigenvalue weighted by Gasteiger charge is 2.30. The summed E-state index contributed by atoms with van der Waals surface area (Å²) < 4.78 is 16.5. The Morgan fingerprint density at radius 1 is 1.45 bits per heavy atom. The van der Waals surface area contributed by atoms with Gasteiger partial charge in [0.05, 0.1) is 37.2 Å². The first-order chi connectivity index (χ1) is 10.7. The van der Waals surface area contributed by atoms with E-state index in [0.29, 0.717) is 19.8 Å². The second kappa shape index (κ2) is 7.55. The molecule has 3 unspecified atom stereocenters. The Bertz CT molecular complexity index is 459. The van der Waals surface area contributed by atoms with Gasteiger partial charge in [-0.25, -0.2) is 0 Å². The van der Waals surface area contributed by atoms with Gasteiger partial charge < -0.3 is 19.1 Å². The monoisotopic (exact) mass is 310 g/mol. The first-order valence-corrected chi connectivity index (χ1v) is 8.27. The lowest BCUT2D eigenvalue weighted by Gasteiger charge is -2.25. The highest BCUT2D eigenvalue weighted by Crippen LogP contribution is 2.32. The minimum Gasteiger partial charge on any atom is -0.389 e. The number of rotatable bonds is 7. The van der Waals surface area contributed by atoms with Crippen molar-refractivity contribution in [3.05, 3.63) is 17.5 Å². The minimum atomic E-state index is -0.481. The lowest BCUT2D eigenvalue weighted by Crippen LogP contribution is -2.35. The van der Waals surface area contributed by atoms with Crippen molar-refractivity contribution in [3.8, 4) is 0 Å². The van der Waals surface area contributed by atoms with E-state index < -0.39 is 6.10 Å². The highest BCUT2D eigenvalue weighted by atomic mass is 16.5. The molecule has 2 saturated heterocycles. The summed E-state index contributed by atoms with van der Waals surface area (Å²) in [6, 6.07) is 2.22. The van der Waals surface area contributed by atoms with Gasteiger partial charge in [0.15, 0.2) is 5.76 Å². The summed E-state index contributed by atoms with van der Waals surface area (Å²) in [4.78, 5) is 2.26. The third-order valence-electron chi connectivity index (χ3n) is 4.42. The molecule has 0 amide bonds. The van der Waals surface area contributed by atoms with Crippen molar-refractivity contribution in [2.75, 3.05) is 32.9 Å². The SMILES string of the molecule is Cc1cc(C2CCCN2CC(O)COCC2CCCO2)on1. The minimum absolute atomic E-state index is 0.212. The Hall–Kier alpha value is -0.950. The van der Waals surface area contributed by atoms with Crippen LogP contribution in [0.15, 0.2) is 10.6 Å². The molecular weight excluding hydrogens is 284 g/mol. The first-order valence-electron chi connectivity index (χ1n) is 8.27. The average molecular weight is 310 g/mol. The smallest absolute Gasteiger partial charge is 0.154 e. The Balaban J connectivity index is 1.42. The van der Waals surface area contributed by atoms with Crippen molar-refractivity contribution in [1.29, 1.82) is 0 Å². The van der Waals surface area contributed by atoms with Crippen molar-refractivity contribution in [3.63, 3.8) is 0 Å². The summed E-state index contributed by atoms with van der Waals surface area (Å²) in [5, 5.41) is 14.2. The Kier molecular flexibility index (Phi) is 5.46. The molecule has 2 fully saturated rings. The lowest BCUT2D eigenvalue weighted by molar-refractivity contribution is -0.0268. The van der Waals surface area contributed by atoms with Gasteiger partial charge in [0.25, 0.3) is 0 Å². The van der Waals surface area contributed by atoms with Crippen molar-refractivity contribution in [2.45, 2.75) is 50.9 Å². The maximum Gasteiger partial charge on any atom is 0.154 e. The number of hydrogen-bond acceptors (Lipinski definition) is 6. The van der Waals surface area contributed by atoms with Crippen LogP contribution in [0.5, 0.6) is 0 Å². The van der Waals surface area contributed by atoms with Crippen molar-refractivity contribution in [1.82, 2.24) is 10.1 Å². The summed E-state index contributed by atoms with van der Waals surface area (Å²) in [7, 11) is 0. The average Bonchev–Trinajstić information content (AvgIpc) is 3.20. The standard InChI is InChI=1S/C16H26N2O4/c1-12-8-16(22-17-12)15-5-2-6-18(15)9-13(19)10-20-11-14-4-3-7-21-14/h8,13-15,19H,2-7,9-11H2,1H3. The van der Waals surface area contributed by atoms with Crippen LogP contribution in [0.2, 0.25) is 0 Å². The predicted molar refractivity (Wildman–Crippen MR) is 80.6 cm³/mol. The highest BCUT2D eigenvalue weighted by molar-refractivity contribution is 5.09. The van der Waals surface area contributed by atoms with E-state index in [1.165, 1.54) is 0 Å². The molecule has 1 N–H and O–H groups in total. The number of hydrogen-bond donors (Lipinski definition) is 1. The third kappa shape index (κ3) is 4.07. The van der Waals surface area contributed by atoms with Crippen LogP contribution >= 0.6 is 0 Å². The molecule has 0 bridgehead atoms. The van der Waals surface area contributed by atoms with E-state index in [0.717, 1.165) is 50.3 Å². The van der Waals surface area contributed by atoms with Crippen LogP contribution in [0.25, 0.3) is 0 Å². The molecule has 3 atom stereocenters. The van der Waals surface area contributed by atoms with Gasteiger partial charge in [-0.1, -0.05) is 5.16 Å². The largest absolute Gasteiger partial charge is 0.389 e. The zero-order valence-corrected chi connectivity index (χ0v) is 13.2. The van der Waals surface area contributed by atoms with Crippen molar-refractivity contribution in [2.24, 2.45) is 0 Å². The van der Waals surface area contributed by atoms with Crippen LogP contribution in [0.4, 0.5) is 0 Å².